The Kier molecular flexibility index (Phi) is 7.68. The van der Waals surface area contributed by atoms with E-state index < -0.39 is 6.36 Å². The van der Waals surface area contributed by atoms with Crippen LogP contribution in [0, 0.1) is 5.92 Å². The van der Waals surface area contributed by atoms with E-state index in [0.29, 0.717) is 38.5 Å². The molecule has 2 rings (SSSR count). The molecule has 9 heteroatoms. The molecule has 1 N–H and O–H groups in total. The molecule has 0 bridgehead atoms. The fourth-order valence-corrected chi connectivity index (χ4v) is 2.96. The molecule has 0 atom stereocenters. The smallest absolute Gasteiger partial charge is 0.405 e. The van der Waals surface area contributed by atoms with Crippen molar-refractivity contribution in [2.24, 2.45) is 5.92 Å². The fourth-order valence-electron chi connectivity index (χ4n) is 2.96. The van der Waals surface area contributed by atoms with Crippen molar-refractivity contribution in [3.63, 3.8) is 0 Å². The highest BCUT2D eigenvalue weighted by molar-refractivity contribution is 5.78. The number of halogens is 3. The summed E-state index contributed by atoms with van der Waals surface area (Å²) >= 11 is 0. The Morgan fingerprint density at radius 1 is 1.14 bits per heavy atom. The van der Waals surface area contributed by atoms with Crippen LogP contribution in [0.25, 0.3) is 0 Å². The van der Waals surface area contributed by atoms with Gasteiger partial charge in [-0.05, 0) is 12.0 Å². The van der Waals surface area contributed by atoms with Crippen molar-refractivity contribution in [2.45, 2.75) is 33.2 Å². The first-order valence-electron chi connectivity index (χ1n) is 9.24. The number of hydrogen-bond acceptors (Lipinski definition) is 4. The van der Waals surface area contributed by atoms with E-state index in [1.165, 1.54) is 18.2 Å². The van der Waals surface area contributed by atoms with Gasteiger partial charge in [0.15, 0.2) is 0 Å². The molecule has 0 radical (unpaired) electrons. The summed E-state index contributed by atoms with van der Waals surface area (Å²) < 4.78 is 41.3. The zero-order valence-electron chi connectivity index (χ0n) is 16.1. The van der Waals surface area contributed by atoms with Crippen LogP contribution in [-0.4, -0.2) is 60.7 Å². The second kappa shape index (κ2) is 9.77. The molecule has 0 aromatic heterocycles. The Morgan fingerprint density at radius 3 is 2.39 bits per heavy atom. The van der Waals surface area contributed by atoms with Crippen LogP contribution >= 0.6 is 0 Å². The summed E-state index contributed by atoms with van der Waals surface area (Å²) in [7, 11) is 0. The first-order chi connectivity index (χ1) is 13.1. The highest BCUT2D eigenvalue weighted by Gasteiger charge is 2.32. The number of ether oxygens (including phenoxy) is 1. The summed E-state index contributed by atoms with van der Waals surface area (Å²) in [5.41, 5.74) is 0.247. The lowest BCUT2D eigenvalue weighted by Gasteiger charge is -2.34. The number of piperazine rings is 1. The van der Waals surface area contributed by atoms with Crippen LogP contribution < -0.4 is 10.1 Å². The van der Waals surface area contributed by atoms with Crippen LogP contribution in [0.3, 0.4) is 0 Å². The van der Waals surface area contributed by atoms with Gasteiger partial charge in [-0.25, -0.2) is 0 Å². The van der Waals surface area contributed by atoms with E-state index in [1.54, 1.807) is 11.0 Å². The van der Waals surface area contributed by atoms with Gasteiger partial charge in [-0.3, -0.25) is 14.5 Å². The largest absolute Gasteiger partial charge is 0.573 e. The molecule has 0 unspecified atom stereocenters. The molecule has 1 aromatic carbocycles. The number of carbonyl (C=O) groups is 2. The van der Waals surface area contributed by atoms with E-state index in [1.807, 2.05) is 18.7 Å². The van der Waals surface area contributed by atoms with Gasteiger partial charge in [0.25, 0.3) is 0 Å². The molecular weight excluding hydrogens is 375 g/mol. The molecule has 2 amide bonds. The lowest BCUT2D eigenvalue weighted by atomic mass is 10.1. The average molecular weight is 401 g/mol. The van der Waals surface area contributed by atoms with Crippen LogP contribution in [0.15, 0.2) is 24.3 Å². The Labute approximate surface area is 162 Å². The van der Waals surface area contributed by atoms with E-state index >= 15 is 0 Å². The van der Waals surface area contributed by atoms with Crippen molar-refractivity contribution < 1.29 is 27.5 Å². The molecule has 156 valence electrons. The number of carbonyl (C=O) groups excluding carboxylic acids is 2. The maximum atomic E-state index is 12.4. The molecule has 1 saturated heterocycles. The second-order valence-electron chi connectivity index (χ2n) is 7.19. The van der Waals surface area contributed by atoms with Gasteiger partial charge in [-0.15, -0.1) is 13.2 Å². The quantitative estimate of drug-likeness (QED) is 0.762. The van der Waals surface area contributed by atoms with Crippen LogP contribution in [-0.2, 0) is 16.1 Å². The van der Waals surface area contributed by atoms with E-state index in [0.717, 1.165) is 0 Å². The summed E-state index contributed by atoms with van der Waals surface area (Å²) in [6.45, 7) is 6.39. The fraction of sp³-hybridized carbons (Fsp3) is 0.579. The van der Waals surface area contributed by atoms with Gasteiger partial charge >= 0.3 is 6.36 Å². The van der Waals surface area contributed by atoms with Gasteiger partial charge in [0.2, 0.25) is 11.8 Å². The Morgan fingerprint density at radius 2 is 1.79 bits per heavy atom. The van der Waals surface area contributed by atoms with Gasteiger partial charge in [0, 0.05) is 44.7 Å². The molecular formula is C19H26F3N3O3. The molecule has 0 spiro atoms. The molecule has 1 aromatic rings. The lowest BCUT2D eigenvalue weighted by molar-refractivity contribution is -0.274. The van der Waals surface area contributed by atoms with Gasteiger partial charge in [0.1, 0.15) is 5.75 Å². The van der Waals surface area contributed by atoms with Gasteiger partial charge < -0.3 is 15.0 Å². The molecule has 0 saturated carbocycles. The molecule has 1 heterocycles. The predicted octanol–water partition coefficient (Wildman–Crippen LogP) is 2.39. The maximum absolute atomic E-state index is 12.4. The van der Waals surface area contributed by atoms with E-state index in [4.69, 9.17) is 0 Å². The second-order valence-corrected chi connectivity index (χ2v) is 7.19. The number of alkyl halides is 3. The van der Waals surface area contributed by atoms with Crippen molar-refractivity contribution in [1.29, 1.82) is 0 Å². The number of nitrogens with zero attached hydrogens (tertiary/aromatic N) is 2. The van der Waals surface area contributed by atoms with E-state index in [2.05, 4.69) is 10.1 Å². The minimum absolute atomic E-state index is 0.0576. The number of nitrogens with one attached hydrogen (secondary N) is 1. The van der Waals surface area contributed by atoms with Crippen molar-refractivity contribution in [3.05, 3.63) is 29.8 Å². The summed E-state index contributed by atoms with van der Waals surface area (Å²) in [4.78, 5) is 27.9. The zero-order chi connectivity index (χ0) is 20.7. The summed E-state index contributed by atoms with van der Waals surface area (Å²) in [5, 5.41) is 2.62. The number of amides is 2. The highest BCUT2D eigenvalue weighted by Crippen LogP contribution is 2.26. The summed E-state index contributed by atoms with van der Waals surface area (Å²) in [6.07, 6.45) is -4.27. The summed E-state index contributed by atoms with van der Waals surface area (Å²) in [5.74, 6) is -0.183. The van der Waals surface area contributed by atoms with Crippen LogP contribution in [0.1, 0.15) is 25.8 Å². The van der Waals surface area contributed by atoms with Crippen LogP contribution in [0.5, 0.6) is 5.75 Å². The van der Waals surface area contributed by atoms with Crippen molar-refractivity contribution >= 4 is 11.8 Å². The third-order valence-corrected chi connectivity index (χ3v) is 4.35. The molecule has 28 heavy (non-hydrogen) atoms. The number of rotatable bonds is 7. The molecule has 1 aliphatic heterocycles. The number of hydrogen-bond donors (Lipinski definition) is 1. The monoisotopic (exact) mass is 401 g/mol. The normalized spacial score (nSPS) is 15.6. The SMILES string of the molecule is CC(C)CC(=O)N1CCN(CC(=O)NCc2ccccc2OC(F)(F)F)CC1. The lowest BCUT2D eigenvalue weighted by Crippen LogP contribution is -2.51. The number of para-hydroxylation sites is 1. The van der Waals surface area contributed by atoms with Crippen molar-refractivity contribution in [3.8, 4) is 5.75 Å². The van der Waals surface area contributed by atoms with E-state index in [-0.39, 0.29) is 36.2 Å². The summed E-state index contributed by atoms with van der Waals surface area (Å²) in [6, 6.07) is 5.70. The third kappa shape index (κ3) is 7.38. The standard InChI is InChI=1S/C19H26F3N3O3/c1-14(2)11-18(27)25-9-7-24(8-10-25)13-17(26)23-12-15-5-3-4-6-16(15)28-19(20,21)22/h3-6,14H,7-13H2,1-2H3,(H,23,26). The van der Waals surface area contributed by atoms with E-state index in [9.17, 15) is 22.8 Å². The molecule has 1 fully saturated rings. The topological polar surface area (TPSA) is 61.9 Å². The molecule has 6 nitrogen and oxygen atoms in total. The first kappa shape index (κ1) is 22.0. The highest BCUT2D eigenvalue weighted by atomic mass is 19.4. The first-order valence-corrected chi connectivity index (χ1v) is 9.24. The van der Waals surface area contributed by atoms with Gasteiger partial charge in [-0.1, -0.05) is 32.0 Å². The van der Waals surface area contributed by atoms with Crippen molar-refractivity contribution in [1.82, 2.24) is 15.1 Å². The van der Waals surface area contributed by atoms with Crippen LogP contribution in [0.2, 0.25) is 0 Å². The van der Waals surface area contributed by atoms with Gasteiger partial charge in [-0.2, -0.15) is 0 Å². The number of benzene rings is 1. The zero-order valence-corrected chi connectivity index (χ0v) is 16.1. The minimum atomic E-state index is -4.78. The Bertz CT molecular complexity index is 672. The average Bonchev–Trinajstić information content (AvgIpc) is 2.59. The van der Waals surface area contributed by atoms with Gasteiger partial charge in [0.05, 0.1) is 6.54 Å². The predicted molar refractivity (Wildman–Crippen MR) is 97.4 cm³/mol. The molecule has 1 aliphatic rings. The van der Waals surface area contributed by atoms with Crippen LogP contribution in [0.4, 0.5) is 13.2 Å². The Hall–Kier alpha value is -2.29. The maximum Gasteiger partial charge on any atom is 0.573 e. The Balaban J connectivity index is 1.78. The molecule has 0 aliphatic carbocycles. The third-order valence-electron chi connectivity index (χ3n) is 4.35. The van der Waals surface area contributed by atoms with Crippen molar-refractivity contribution in [2.75, 3.05) is 32.7 Å². The minimum Gasteiger partial charge on any atom is -0.405 e.